The summed E-state index contributed by atoms with van der Waals surface area (Å²) in [6.07, 6.45) is 0.243. The minimum Gasteiger partial charge on any atom is -0.859 e. The van der Waals surface area contributed by atoms with Gasteiger partial charge in [0.15, 0.2) is 0 Å². The van der Waals surface area contributed by atoms with Crippen molar-refractivity contribution in [2.24, 2.45) is 0 Å². The van der Waals surface area contributed by atoms with Gasteiger partial charge in [-0.25, -0.2) is 4.39 Å². The average Bonchev–Trinajstić information content (AvgIpc) is 2.68. The van der Waals surface area contributed by atoms with Gasteiger partial charge in [0, 0.05) is 33.2 Å². The normalized spacial score (nSPS) is 18.4. The Bertz CT molecular complexity index is 1010. The third-order valence-electron chi connectivity index (χ3n) is 5.08. The van der Waals surface area contributed by atoms with Crippen LogP contribution in [-0.4, -0.2) is 59.0 Å². The van der Waals surface area contributed by atoms with E-state index in [-0.39, 0.29) is 65.4 Å². The Morgan fingerprint density at radius 2 is 1.87 bits per heavy atom. The molecule has 31 heavy (non-hydrogen) atoms. The Labute approximate surface area is 207 Å². The van der Waals surface area contributed by atoms with Gasteiger partial charge in [-0.2, -0.15) is 0 Å². The summed E-state index contributed by atoms with van der Waals surface area (Å²) in [5.74, 6) is -3.44. The minimum atomic E-state index is -0.916. The first kappa shape index (κ1) is 25.4. The number of Topliss-reactive ketones (excluding diaryl/α,β-unsaturated/α-hetero) is 1. The Kier molecular flexibility index (Phi) is 7.97. The van der Waals surface area contributed by atoms with Crippen molar-refractivity contribution in [2.45, 2.75) is 32.9 Å². The number of nitrogens with zero attached hydrogens (tertiary/aromatic N) is 3. The standard InChI is InChI=1S/C21H23ClFN3O4.Na/c1-11(2)26-17(20(29)24(3)4)13-7-8-25(19(28)16(13)18(27)21(26)30)10-12-5-6-15(23)14(22)9-12;/h5-6,9,11,29H,7-8,10H2,1-4H3;/q;+1/p-1/b20-17-;. The number of carbonyl (C=O) groups excluding carboxylic acids is 3. The average molecular weight is 458 g/mol. The number of hydrogen-bond donors (Lipinski definition) is 0. The van der Waals surface area contributed by atoms with E-state index in [2.05, 4.69) is 0 Å². The van der Waals surface area contributed by atoms with Crippen LogP contribution in [-0.2, 0) is 20.9 Å². The molecule has 160 valence electrons. The van der Waals surface area contributed by atoms with E-state index in [1.54, 1.807) is 27.9 Å². The zero-order valence-corrected chi connectivity index (χ0v) is 20.9. The number of allylic oxidation sites excluding steroid dienone is 1. The van der Waals surface area contributed by atoms with E-state index in [0.29, 0.717) is 11.1 Å². The molecule has 0 spiro atoms. The van der Waals surface area contributed by atoms with E-state index in [9.17, 15) is 23.9 Å². The first-order valence-corrected chi connectivity index (χ1v) is 9.85. The summed E-state index contributed by atoms with van der Waals surface area (Å²) in [7, 11) is 3.09. The number of amides is 2. The number of benzene rings is 1. The van der Waals surface area contributed by atoms with Crippen LogP contribution in [0, 0.1) is 5.82 Å². The minimum absolute atomic E-state index is 0. The van der Waals surface area contributed by atoms with E-state index >= 15 is 0 Å². The molecule has 0 aliphatic carbocycles. The quantitative estimate of drug-likeness (QED) is 0.236. The fraction of sp³-hybridized carbons (Fsp3) is 0.381. The van der Waals surface area contributed by atoms with E-state index in [0.717, 1.165) is 0 Å². The molecule has 1 aromatic rings. The van der Waals surface area contributed by atoms with Gasteiger partial charge in [0.25, 0.3) is 17.6 Å². The predicted octanol–water partition coefficient (Wildman–Crippen LogP) is -1.58. The summed E-state index contributed by atoms with van der Waals surface area (Å²) in [4.78, 5) is 42.6. The molecule has 2 amide bonds. The fourth-order valence-corrected chi connectivity index (χ4v) is 3.84. The first-order chi connectivity index (χ1) is 14.0. The zero-order chi connectivity index (χ0) is 22.3. The molecule has 7 nitrogen and oxygen atoms in total. The summed E-state index contributed by atoms with van der Waals surface area (Å²) >= 11 is 5.81. The summed E-state index contributed by atoms with van der Waals surface area (Å²) in [5.41, 5.74) is 0.699. The van der Waals surface area contributed by atoms with Crippen molar-refractivity contribution in [1.82, 2.24) is 14.7 Å². The van der Waals surface area contributed by atoms with Crippen molar-refractivity contribution < 1.29 is 53.4 Å². The number of halogens is 2. The van der Waals surface area contributed by atoms with Gasteiger partial charge in [0.1, 0.15) is 5.82 Å². The van der Waals surface area contributed by atoms with Gasteiger partial charge < -0.3 is 19.8 Å². The molecule has 0 saturated heterocycles. The van der Waals surface area contributed by atoms with Crippen LogP contribution in [0.25, 0.3) is 0 Å². The summed E-state index contributed by atoms with van der Waals surface area (Å²) in [6.45, 7) is 3.75. The Balaban J connectivity index is 0.00000341. The number of carbonyl (C=O) groups is 3. The maximum atomic E-state index is 13.4. The third-order valence-corrected chi connectivity index (χ3v) is 5.37. The smallest absolute Gasteiger partial charge is 0.859 e. The maximum absolute atomic E-state index is 13.4. The van der Waals surface area contributed by atoms with Crippen LogP contribution >= 0.6 is 11.6 Å². The molecule has 2 aliphatic heterocycles. The van der Waals surface area contributed by atoms with Crippen molar-refractivity contribution in [3.05, 3.63) is 57.3 Å². The molecule has 0 saturated carbocycles. The third kappa shape index (κ3) is 4.67. The fourth-order valence-electron chi connectivity index (χ4n) is 3.64. The molecule has 0 aromatic heterocycles. The molecular weight excluding hydrogens is 436 g/mol. The molecule has 3 rings (SSSR count). The molecule has 2 heterocycles. The van der Waals surface area contributed by atoms with Gasteiger partial charge in [0.2, 0.25) is 0 Å². The summed E-state index contributed by atoms with van der Waals surface area (Å²) in [5, 5.41) is 12.8. The van der Waals surface area contributed by atoms with Gasteiger partial charge in [-0.1, -0.05) is 17.7 Å². The van der Waals surface area contributed by atoms with Gasteiger partial charge in [0.05, 0.1) is 16.3 Å². The van der Waals surface area contributed by atoms with Crippen LogP contribution < -0.4 is 34.7 Å². The van der Waals surface area contributed by atoms with Gasteiger partial charge in [-0.3, -0.25) is 14.4 Å². The SMILES string of the molecule is CC(C)N1C(=O)C(=O)C2=C(CCN(Cc3ccc(F)c(Cl)c3)C2=O)/C1=C(/[O-])N(C)C.[Na+]. The molecule has 0 N–H and O–H groups in total. The Morgan fingerprint density at radius 1 is 1.23 bits per heavy atom. The second-order valence-corrected chi connectivity index (χ2v) is 8.13. The largest absolute Gasteiger partial charge is 1.00 e. The molecule has 2 aliphatic rings. The molecule has 0 atom stereocenters. The van der Waals surface area contributed by atoms with Crippen LogP contribution in [0.3, 0.4) is 0 Å². The molecule has 0 unspecified atom stereocenters. The van der Waals surface area contributed by atoms with Gasteiger partial charge in [-0.15, -0.1) is 0 Å². The van der Waals surface area contributed by atoms with E-state index < -0.39 is 35.3 Å². The van der Waals surface area contributed by atoms with Crippen molar-refractivity contribution in [2.75, 3.05) is 20.6 Å². The van der Waals surface area contributed by atoms with Gasteiger partial charge in [-0.05, 0) is 49.4 Å². The number of hydrogen-bond acceptors (Lipinski definition) is 5. The molecule has 10 heteroatoms. The molecule has 0 fully saturated rings. The van der Waals surface area contributed by atoms with Crippen molar-refractivity contribution in [3.63, 3.8) is 0 Å². The van der Waals surface area contributed by atoms with Crippen molar-refractivity contribution in [1.29, 1.82) is 0 Å². The number of ketones is 1. The Hall–Kier alpha value is -1.87. The summed E-state index contributed by atoms with van der Waals surface area (Å²) in [6, 6.07) is 3.69. The predicted molar refractivity (Wildman–Crippen MR) is 106 cm³/mol. The topological polar surface area (TPSA) is 84.0 Å². The number of rotatable bonds is 4. The maximum Gasteiger partial charge on any atom is 1.00 e. The van der Waals surface area contributed by atoms with E-state index in [1.807, 2.05) is 0 Å². The van der Waals surface area contributed by atoms with Crippen LogP contribution in [0.4, 0.5) is 4.39 Å². The van der Waals surface area contributed by atoms with Crippen LogP contribution in [0.5, 0.6) is 0 Å². The Morgan fingerprint density at radius 3 is 2.42 bits per heavy atom. The van der Waals surface area contributed by atoms with Crippen molar-refractivity contribution >= 4 is 29.2 Å². The molecular formula is C21H22ClFN3NaO4. The van der Waals surface area contributed by atoms with E-state index in [4.69, 9.17) is 11.6 Å². The van der Waals surface area contributed by atoms with Crippen molar-refractivity contribution in [3.8, 4) is 0 Å². The molecule has 0 bridgehead atoms. The second kappa shape index (κ2) is 9.73. The van der Waals surface area contributed by atoms with Crippen LogP contribution in [0.2, 0.25) is 5.02 Å². The first-order valence-electron chi connectivity index (χ1n) is 9.47. The van der Waals surface area contributed by atoms with E-state index in [1.165, 1.54) is 32.9 Å². The second-order valence-electron chi connectivity index (χ2n) is 7.72. The van der Waals surface area contributed by atoms with Gasteiger partial charge >= 0.3 is 29.6 Å². The molecule has 1 aromatic carbocycles. The zero-order valence-electron chi connectivity index (χ0n) is 18.2. The van der Waals surface area contributed by atoms with Crippen LogP contribution in [0.15, 0.2) is 40.9 Å². The molecule has 0 radical (unpaired) electrons. The monoisotopic (exact) mass is 457 g/mol. The van der Waals surface area contributed by atoms with Crippen LogP contribution in [0.1, 0.15) is 25.8 Å². The summed E-state index contributed by atoms with van der Waals surface area (Å²) < 4.78 is 13.4.